The number of nitrogens with one attached hydrogen (secondary N) is 1. The van der Waals surface area contributed by atoms with Crippen LogP contribution in [0.25, 0.3) is 0 Å². The molecule has 0 radical (unpaired) electrons. The lowest BCUT2D eigenvalue weighted by Crippen LogP contribution is -2.49. The zero-order chi connectivity index (χ0) is 26.2. The van der Waals surface area contributed by atoms with E-state index in [1.165, 1.54) is 21.3 Å². The van der Waals surface area contributed by atoms with Crippen molar-refractivity contribution in [1.29, 1.82) is 0 Å². The van der Waals surface area contributed by atoms with Crippen LogP contribution in [0.1, 0.15) is 45.6 Å². The zero-order valence-electron chi connectivity index (χ0n) is 20.5. The number of hydrogen-bond donors (Lipinski definition) is 1. The highest BCUT2D eigenvalue weighted by Crippen LogP contribution is 2.23. The van der Waals surface area contributed by atoms with Gasteiger partial charge in [0.1, 0.15) is 11.9 Å². The first-order chi connectivity index (χ1) is 16.4. The van der Waals surface area contributed by atoms with Crippen LogP contribution in [0.3, 0.4) is 0 Å². The maximum absolute atomic E-state index is 14.3. The van der Waals surface area contributed by atoms with E-state index in [1.807, 2.05) is 13.8 Å². The Hall–Kier alpha value is -2.65. The van der Waals surface area contributed by atoms with Crippen LogP contribution in [0.5, 0.6) is 0 Å². The van der Waals surface area contributed by atoms with Gasteiger partial charge in [-0.3, -0.25) is 13.9 Å². The van der Waals surface area contributed by atoms with Gasteiger partial charge in [-0.1, -0.05) is 42.8 Å². The van der Waals surface area contributed by atoms with Crippen LogP contribution in [0.15, 0.2) is 48.5 Å². The molecule has 2 aromatic carbocycles. The summed E-state index contributed by atoms with van der Waals surface area (Å²) in [6.45, 7) is 5.37. The Morgan fingerprint density at radius 2 is 1.80 bits per heavy atom. The van der Waals surface area contributed by atoms with E-state index in [2.05, 4.69) is 5.32 Å². The van der Waals surface area contributed by atoms with Crippen molar-refractivity contribution in [2.75, 3.05) is 17.1 Å². The minimum atomic E-state index is -3.62. The van der Waals surface area contributed by atoms with E-state index >= 15 is 0 Å². The number of hydrogen-bond acceptors (Lipinski definition) is 4. The minimum Gasteiger partial charge on any atom is -0.352 e. The van der Waals surface area contributed by atoms with E-state index in [9.17, 15) is 22.4 Å². The van der Waals surface area contributed by atoms with Gasteiger partial charge in [0.05, 0.1) is 11.9 Å². The van der Waals surface area contributed by atoms with Crippen LogP contribution in [-0.4, -0.2) is 50.0 Å². The van der Waals surface area contributed by atoms with Gasteiger partial charge in [0.25, 0.3) is 0 Å². The van der Waals surface area contributed by atoms with Crippen LogP contribution >= 0.6 is 11.6 Å². The van der Waals surface area contributed by atoms with Gasteiger partial charge in [0, 0.05) is 36.1 Å². The molecule has 0 saturated heterocycles. The summed E-state index contributed by atoms with van der Waals surface area (Å²) in [5, 5.41) is 3.25. The average Bonchev–Trinajstić information content (AvgIpc) is 2.79. The van der Waals surface area contributed by atoms with Crippen molar-refractivity contribution < 1.29 is 22.4 Å². The quantitative estimate of drug-likeness (QED) is 0.446. The summed E-state index contributed by atoms with van der Waals surface area (Å²) in [6.07, 6.45) is 1.99. The maximum Gasteiger partial charge on any atom is 0.242 e. The molecule has 0 fully saturated rings. The number of carbonyl (C=O) groups is 2. The molecule has 0 aliphatic heterocycles. The first kappa shape index (κ1) is 28.6. The van der Waals surface area contributed by atoms with E-state index in [0.29, 0.717) is 16.3 Å². The highest BCUT2D eigenvalue weighted by molar-refractivity contribution is 7.92. The molecule has 10 heteroatoms. The van der Waals surface area contributed by atoms with Gasteiger partial charge < -0.3 is 10.2 Å². The summed E-state index contributed by atoms with van der Waals surface area (Å²) in [5.74, 6) is -1.18. The Morgan fingerprint density at radius 1 is 1.11 bits per heavy atom. The number of benzene rings is 2. The molecule has 2 aromatic rings. The van der Waals surface area contributed by atoms with Gasteiger partial charge in [-0.25, -0.2) is 12.8 Å². The van der Waals surface area contributed by atoms with Crippen molar-refractivity contribution >= 4 is 39.1 Å². The lowest BCUT2D eigenvalue weighted by atomic mass is 10.1. The predicted molar refractivity (Wildman–Crippen MR) is 137 cm³/mol. The Morgan fingerprint density at radius 3 is 2.40 bits per heavy atom. The van der Waals surface area contributed by atoms with E-state index in [0.717, 1.165) is 12.7 Å². The zero-order valence-corrected chi connectivity index (χ0v) is 22.1. The molecular weight excluding hydrogens is 493 g/mol. The third-order valence-electron chi connectivity index (χ3n) is 5.72. The monoisotopic (exact) mass is 525 g/mol. The molecule has 0 aliphatic carbocycles. The fourth-order valence-electron chi connectivity index (χ4n) is 3.49. The van der Waals surface area contributed by atoms with Crippen molar-refractivity contribution in [3.05, 3.63) is 64.9 Å². The van der Waals surface area contributed by atoms with E-state index in [4.69, 9.17) is 11.6 Å². The van der Waals surface area contributed by atoms with Crippen LogP contribution in [-0.2, 0) is 26.2 Å². The molecule has 0 heterocycles. The molecule has 2 amide bonds. The summed E-state index contributed by atoms with van der Waals surface area (Å²) < 4.78 is 40.2. The number of amides is 2. The highest BCUT2D eigenvalue weighted by Gasteiger charge is 2.28. The van der Waals surface area contributed by atoms with E-state index < -0.39 is 21.9 Å². The molecular formula is C25H33ClFN3O4S. The second-order valence-corrected chi connectivity index (χ2v) is 10.9. The third kappa shape index (κ3) is 8.50. The summed E-state index contributed by atoms with van der Waals surface area (Å²) in [5.41, 5.74) is 0.692. The van der Waals surface area contributed by atoms with Crippen molar-refractivity contribution in [2.45, 2.75) is 58.7 Å². The van der Waals surface area contributed by atoms with Crippen LogP contribution in [0.4, 0.5) is 10.1 Å². The SMILES string of the molecule is CC[C@@H](C)NC(=O)[C@H](C)N(Cc1ccccc1F)C(=O)CCCN(c1cccc(Cl)c1)S(C)(=O)=O. The molecule has 0 aromatic heterocycles. The smallest absolute Gasteiger partial charge is 0.242 e. The summed E-state index contributed by atoms with van der Waals surface area (Å²) in [6, 6.07) is 11.6. The topological polar surface area (TPSA) is 86.8 Å². The summed E-state index contributed by atoms with van der Waals surface area (Å²) in [4.78, 5) is 27.3. The fraction of sp³-hybridized carbons (Fsp3) is 0.440. The third-order valence-corrected chi connectivity index (χ3v) is 7.14. The molecule has 2 rings (SSSR count). The second kappa shape index (κ2) is 12.9. The predicted octanol–water partition coefficient (Wildman–Crippen LogP) is 4.36. The number of halogens is 2. The number of anilines is 1. The van der Waals surface area contributed by atoms with Gasteiger partial charge in [0.2, 0.25) is 21.8 Å². The van der Waals surface area contributed by atoms with E-state index in [-0.39, 0.29) is 43.8 Å². The van der Waals surface area contributed by atoms with Crippen LogP contribution in [0, 0.1) is 5.82 Å². The first-order valence-electron chi connectivity index (χ1n) is 11.5. The molecule has 7 nitrogen and oxygen atoms in total. The molecule has 192 valence electrons. The molecule has 2 atom stereocenters. The fourth-order valence-corrected chi connectivity index (χ4v) is 4.64. The van der Waals surface area contributed by atoms with Crippen molar-refractivity contribution in [2.24, 2.45) is 0 Å². The number of sulfonamides is 1. The van der Waals surface area contributed by atoms with E-state index in [1.54, 1.807) is 43.3 Å². The second-order valence-electron chi connectivity index (χ2n) is 8.53. The van der Waals surface area contributed by atoms with Gasteiger partial charge >= 0.3 is 0 Å². The van der Waals surface area contributed by atoms with Crippen LogP contribution < -0.4 is 9.62 Å². The molecule has 0 aliphatic rings. The van der Waals surface area contributed by atoms with Gasteiger partial charge in [-0.15, -0.1) is 0 Å². The standard InChI is InChI=1S/C25H33ClFN3O4S/c1-5-18(2)28-25(32)19(3)29(17-20-10-6-7-13-23(20)27)24(31)14-9-15-30(35(4,33)34)22-12-8-11-21(26)16-22/h6-8,10-13,16,18-19H,5,9,14-15,17H2,1-4H3,(H,28,32)/t18-,19+/m1/s1. The van der Waals surface area contributed by atoms with Crippen LogP contribution in [0.2, 0.25) is 5.02 Å². The molecule has 0 saturated carbocycles. The molecule has 35 heavy (non-hydrogen) atoms. The summed E-state index contributed by atoms with van der Waals surface area (Å²) >= 11 is 6.01. The normalized spacial score (nSPS) is 13.1. The van der Waals surface area contributed by atoms with Crippen molar-refractivity contribution in [3.63, 3.8) is 0 Å². The van der Waals surface area contributed by atoms with Crippen molar-refractivity contribution in [3.8, 4) is 0 Å². The maximum atomic E-state index is 14.3. The molecule has 1 N–H and O–H groups in total. The Bertz CT molecular complexity index is 1130. The van der Waals surface area contributed by atoms with Gasteiger partial charge in [-0.05, 0) is 51.0 Å². The highest BCUT2D eigenvalue weighted by atomic mass is 35.5. The number of rotatable bonds is 12. The number of nitrogens with zero attached hydrogens (tertiary/aromatic N) is 2. The lowest BCUT2D eigenvalue weighted by molar-refractivity contribution is -0.141. The average molecular weight is 526 g/mol. The minimum absolute atomic E-state index is 0.0258. The Balaban J connectivity index is 2.19. The number of carbonyl (C=O) groups excluding carboxylic acids is 2. The lowest BCUT2D eigenvalue weighted by Gasteiger charge is -2.30. The van der Waals surface area contributed by atoms with Gasteiger partial charge in [0.15, 0.2) is 0 Å². The summed E-state index contributed by atoms with van der Waals surface area (Å²) in [7, 11) is -3.62. The Kier molecular flexibility index (Phi) is 10.5. The Labute approximate surface area is 212 Å². The van der Waals surface area contributed by atoms with Crippen molar-refractivity contribution in [1.82, 2.24) is 10.2 Å². The largest absolute Gasteiger partial charge is 0.352 e. The molecule has 0 unspecified atom stereocenters. The van der Waals surface area contributed by atoms with Gasteiger partial charge in [-0.2, -0.15) is 0 Å². The first-order valence-corrected chi connectivity index (χ1v) is 13.7. The molecule has 0 bridgehead atoms. The molecule has 0 spiro atoms.